The SMILES string of the molecule is C[CH-]CCC(N)C(C(=O)NC1CCCCC1)N(C(=O)c1ccccc1I)C1CCCCC1. The fourth-order valence-electron chi connectivity index (χ4n) is 5.23. The van der Waals surface area contributed by atoms with Crippen molar-refractivity contribution < 1.29 is 9.59 Å². The van der Waals surface area contributed by atoms with Crippen LogP contribution in [0.2, 0.25) is 0 Å². The number of rotatable bonds is 9. The van der Waals surface area contributed by atoms with Crippen LogP contribution in [0.15, 0.2) is 24.3 Å². The van der Waals surface area contributed by atoms with E-state index in [1.165, 1.54) is 12.8 Å². The van der Waals surface area contributed by atoms with Crippen LogP contribution in [-0.4, -0.2) is 40.9 Å². The average molecular weight is 553 g/mol. The molecule has 0 heterocycles. The maximum absolute atomic E-state index is 14.0. The first-order chi connectivity index (χ1) is 15.5. The number of hydrogen-bond acceptors (Lipinski definition) is 3. The Morgan fingerprint density at radius 1 is 1.09 bits per heavy atom. The van der Waals surface area contributed by atoms with Crippen LogP contribution in [0.3, 0.4) is 0 Å². The van der Waals surface area contributed by atoms with Gasteiger partial charge >= 0.3 is 0 Å². The Bertz CT molecular complexity index is 744. The van der Waals surface area contributed by atoms with Gasteiger partial charge in [-0.15, -0.1) is 0 Å². The monoisotopic (exact) mass is 552 g/mol. The summed E-state index contributed by atoms with van der Waals surface area (Å²) in [6.07, 6.45) is 14.5. The van der Waals surface area contributed by atoms with Gasteiger partial charge in [-0.1, -0.05) is 57.1 Å². The molecule has 0 saturated heterocycles. The fourth-order valence-corrected chi connectivity index (χ4v) is 5.85. The standard InChI is InChI=1S/C26H39IN3O2/c1-2-3-18-23(28)24(25(31)29-19-12-6-4-7-13-19)30(20-14-8-5-9-15-20)26(32)21-16-10-11-17-22(21)27/h2,10-11,16-17,19-20,23-24H,3-9,12-15,18,28H2,1H3,(H,29,31)/q-1. The van der Waals surface area contributed by atoms with Gasteiger partial charge in [0.15, 0.2) is 0 Å². The zero-order valence-electron chi connectivity index (χ0n) is 19.4. The molecule has 2 saturated carbocycles. The van der Waals surface area contributed by atoms with Gasteiger partial charge in [-0.25, -0.2) is 0 Å². The molecule has 178 valence electrons. The minimum Gasteiger partial charge on any atom is -0.352 e. The minimum absolute atomic E-state index is 0.0541. The van der Waals surface area contributed by atoms with Crippen LogP contribution in [0.5, 0.6) is 0 Å². The topological polar surface area (TPSA) is 75.4 Å². The third-order valence-electron chi connectivity index (χ3n) is 7.02. The van der Waals surface area contributed by atoms with E-state index in [0.717, 1.165) is 61.4 Å². The fraction of sp³-hybridized carbons (Fsp3) is 0.654. The quantitative estimate of drug-likeness (QED) is 0.326. The minimum atomic E-state index is -0.636. The second-order valence-corrected chi connectivity index (χ2v) is 10.6. The molecule has 5 nitrogen and oxygen atoms in total. The summed E-state index contributed by atoms with van der Waals surface area (Å²) in [6.45, 7) is 2.01. The van der Waals surface area contributed by atoms with Crippen LogP contribution >= 0.6 is 22.6 Å². The first-order valence-electron chi connectivity index (χ1n) is 12.4. The van der Waals surface area contributed by atoms with E-state index in [1.54, 1.807) is 0 Å². The molecule has 32 heavy (non-hydrogen) atoms. The van der Waals surface area contributed by atoms with Crippen LogP contribution in [-0.2, 0) is 4.79 Å². The van der Waals surface area contributed by atoms with E-state index in [0.29, 0.717) is 12.0 Å². The average Bonchev–Trinajstić information content (AvgIpc) is 2.82. The van der Waals surface area contributed by atoms with Crippen molar-refractivity contribution in [2.75, 3.05) is 0 Å². The van der Waals surface area contributed by atoms with E-state index in [2.05, 4.69) is 34.3 Å². The number of amides is 2. The summed E-state index contributed by atoms with van der Waals surface area (Å²) in [5, 5.41) is 3.29. The van der Waals surface area contributed by atoms with E-state index in [9.17, 15) is 9.59 Å². The van der Waals surface area contributed by atoms with Crippen LogP contribution < -0.4 is 11.1 Å². The first kappa shape index (κ1) is 25.5. The van der Waals surface area contributed by atoms with E-state index < -0.39 is 6.04 Å². The zero-order chi connectivity index (χ0) is 22.9. The molecular weight excluding hydrogens is 513 g/mol. The van der Waals surface area contributed by atoms with Gasteiger partial charge < -0.3 is 22.4 Å². The smallest absolute Gasteiger partial charge is 0.255 e. The van der Waals surface area contributed by atoms with Crippen LogP contribution in [0.4, 0.5) is 0 Å². The van der Waals surface area contributed by atoms with Crippen molar-refractivity contribution in [1.82, 2.24) is 10.2 Å². The van der Waals surface area contributed by atoms with E-state index in [-0.39, 0.29) is 29.9 Å². The molecule has 2 aliphatic carbocycles. The second kappa shape index (κ2) is 12.9. The number of nitrogens with one attached hydrogen (secondary N) is 1. The lowest BCUT2D eigenvalue weighted by Gasteiger charge is -2.42. The maximum atomic E-state index is 14.0. The normalized spacial score (nSPS) is 19.8. The Morgan fingerprint density at radius 2 is 1.72 bits per heavy atom. The summed E-state index contributed by atoms with van der Waals surface area (Å²) in [6, 6.07) is 6.91. The highest BCUT2D eigenvalue weighted by molar-refractivity contribution is 14.1. The highest BCUT2D eigenvalue weighted by Gasteiger charge is 2.40. The second-order valence-electron chi connectivity index (χ2n) is 9.42. The summed E-state index contributed by atoms with van der Waals surface area (Å²) in [5.74, 6) is -0.119. The molecule has 3 N–H and O–H groups in total. The zero-order valence-corrected chi connectivity index (χ0v) is 21.6. The summed E-state index contributed by atoms with van der Waals surface area (Å²) in [4.78, 5) is 29.6. The van der Waals surface area contributed by atoms with Gasteiger partial charge in [0.25, 0.3) is 5.91 Å². The van der Waals surface area contributed by atoms with Gasteiger partial charge in [0.2, 0.25) is 5.91 Å². The lowest BCUT2D eigenvalue weighted by Crippen LogP contribution is -2.62. The molecule has 0 aromatic heterocycles. The molecule has 1 aromatic carbocycles. The summed E-state index contributed by atoms with van der Waals surface area (Å²) in [5.41, 5.74) is 7.36. The van der Waals surface area contributed by atoms with Crippen LogP contribution in [0.1, 0.15) is 94.3 Å². The number of nitrogens with zero attached hydrogens (tertiary/aromatic N) is 1. The van der Waals surface area contributed by atoms with Crippen molar-refractivity contribution in [1.29, 1.82) is 0 Å². The molecule has 3 rings (SSSR count). The summed E-state index contributed by atoms with van der Waals surface area (Å²) in [7, 11) is 0. The highest BCUT2D eigenvalue weighted by atomic mass is 127. The summed E-state index contributed by atoms with van der Waals surface area (Å²) >= 11 is 2.22. The molecule has 2 fully saturated rings. The van der Waals surface area contributed by atoms with Crippen LogP contribution in [0.25, 0.3) is 0 Å². The number of benzene rings is 1. The maximum Gasteiger partial charge on any atom is 0.255 e. The van der Waals surface area contributed by atoms with Crippen molar-refractivity contribution in [2.24, 2.45) is 5.73 Å². The lowest BCUT2D eigenvalue weighted by atomic mass is 9.89. The number of nitrogens with two attached hydrogens (primary N) is 1. The number of carbonyl (C=O) groups excluding carboxylic acids is 2. The van der Waals surface area contributed by atoms with Gasteiger partial charge in [0, 0.05) is 21.7 Å². The highest BCUT2D eigenvalue weighted by Crippen LogP contribution is 2.29. The number of unbranched alkanes of at least 4 members (excludes halogenated alkanes) is 1. The molecule has 0 aliphatic heterocycles. The van der Waals surface area contributed by atoms with Gasteiger partial charge in [0.1, 0.15) is 6.04 Å². The molecule has 6 heteroatoms. The van der Waals surface area contributed by atoms with Crippen molar-refractivity contribution in [2.45, 2.75) is 108 Å². The van der Waals surface area contributed by atoms with Crippen molar-refractivity contribution in [3.05, 3.63) is 39.8 Å². The molecular formula is C26H39IN3O2-. The molecule has 0 spiro atoms. The predicted molar refractivity (Wildman–Crippen MR) is 138 cm³/mol. The summed E-state index contributed by atoms with van der Waals surface area (Å²) < 4.78 is 0.915. The lowest BCUT2D eigenvalue weighted by molar-refractivity contribution is -0.128. The Hall–Kier alpha value is -1.15. The van der Waals surface area contributed by atoms with Gasteiger partial charge in [0.05, 0.1) is 5.56 Å². The number of carbonyl (C=O) groups is 2. The largest absolute Gasteiger partial charge is 0.352 e. The van der Waals surface area contributed by atoms with Crippen molar-refractivity contribution in [3.63, 3.8) is 0 Å². The van der Waals surface area contributed by atoms with E-state index in [1.807, 2.05) is 36.1 Å². The van der Waals surface area contributed by atoms with Gasteiger partial charge in [-0.05, 0) is 60.4 Å². The molecule has 1 aromatic rings. The van der Waals surface area contributed by atoms with Gasteiger partial charge in [-0.3, -0.25) is 9.59 Å². The molecule has 2 unspecified atom stereocenters. The van der Waals surface area contributed by atoms with E-state index in [4.69, 9.17) is 5.73 Å². The third-order valence-corrected chi connectivity index (χ3v) is 7.96. The van der Waals surface area contributed by atoms with Crippen molar-refractivity contribution in [3.8, 4) is 0 Å². The van der Waals surface area contributed by atoms with Gasteiger partial charge in [-0.2, -0.15) is 13.3 Å². The third kappa shape index (κ3) is 6.69. The Balaban J connectivity index is 1.93. The molecule has 2 amide bonds. The molecule has 0 radical (unpaired) electrons. The molecule has 2 atom stereocenters. The Kier molecular flexibility index (Phi) is 10.3. The van der Waals surface area contributed by atoms with E-state index >= 15 is 0 Å². The Morgan fingerprint density at radius 3 is 2.34 bits per heavy atom. The van der Waals surface area contributed by atoms with Crippen molar-refractivity contribution >= 4 is 34.4 Å². The molecule has 2 aliphatic rings. The first-order valence-corrected chi connectivity index (χ1v) is 13.5. The Labute approximate surface area is 207 Å². The number of halogens is 1. The van der Waals surface area contributed by atoms with Crippen LogP contribution in [0, 0.1) is 9.99 Å². The predicted octanol–water partition coefficient (Wildman–Crippen LogP) is 5.22. The number of hydrogen-bond donors (Lipinski definition) is 2. The molecule has 0 bridgehead atoms.